The molecule has 9 atom stereocenters. The second-order valence-electron chi connectivity index (χ2n) is 10.0. The molecule has 4 fully saturated rings. The van der Waals surface area contributed by atoms with Crippen LogP contribution in [0.25, 0.3) is 0 Å². The molecule has 24 heavy (non-hydrogen) atoms. The van der Waals surface area contributed by atoms with Crippen molar-refractivity contribution in [3.63, 3.8) is 0 Å². The van der Waals surface area contributed by atoms with E-state index in [2.05, 4.69) is 13.8 Å². The van der Waals surface area contributed by atoms with Gasteiger partial charge in [0.25, 0.3) is 0 Å². The fourth-order valence-electron chi connectivity index (χ4n) is 7.85. The zero-order valence-electron chi connectivity index (χ0n) is 15.5. The smallest absolute Gasteiger partial charge is 0.136 e. The van der Waals surface area contributed by atoms with Crippen LogP contribution in [-0.2, 0) is 4.79 Å². The molecule has 0 bridgehead atoms. The number of hydrogen-bond acceptors (Lipinski definition) is 3. The second kappa shape index (κ2) is 5.54. The van der Waals surface area contributed by atoms with Crippen molar-refractivity contribution in [3.8, 4) is 0 Å². The fraction of sp³-hybridized carbons (Fsp3) is 0.952. The second-order valence-corrected chi connectivity index (χ2v) is 10.0. The third-order valence-corrected chi connectivity index (χ3v) is 9.09. The van der Waals surface area contributed by atoms with Gasteiger partial charge in [-0.25, -0.2) is 0 Å². The molecule has 0 aromatic rings. The Labute approximate surface area is 146 Å². The normalized spacial score (nSPS) is 55.5. The summed E-state index contributed by atoms with van der Waals surface area (Å²) in [4.78, 5) is 13.0. The van der Waals surface area contributed by atoms with E-state index >= 15 is 0 Å². The minimum absolute atomic E-state index is 0.0841. The van der Waals surface area contributed by atoms with Crippen LogP contribution in [0.2, 0.25) is 0 Å². The van der Waals surface area contributed by atoms with Crippen LogP contribution >= 0.6 is 0 Å². The largest absolute Gasteiger partial charge is 0.393 e. The maximum Gasteiger partial charge on any atom is 0.136 e. The molecule has 0 saturated heterocycles. The number of carbonyl (C=O) groups excluding carboxylic acids is 1. The summed E-state index contributed by atoms with van der Waals surface area (Å²) in [6, 6.07) is 0. The van der Waals surface area contributed by atoms with Crippen LogP contribution in [0.1, 0.15) is 72.1 Å². The Morgan fingerprint density at radius 1 is 1.04 bits per heavy atom. The van der Waals surface area contributed by atoms with Gasteiger partial charge in [-0.15, -0.1) is 0 Å². The van der Waals surface area contributed by atoms with E-state index in [4.69, 9.17) is 0 Å². The molecule has 0 radical (unpaired) electrons. The molecule has 0 heterocycles. The van der Waals surface area contributed by atoms with Gasteiger partial charge < -0.3 is 10.2 Å². The van der Waals surface area contributed by atoms with E-state index in [1.165, 1.54) is 19.3 Å². The first-order valence-corrected chi connectivity index (χ1v) is 10.2. The van der Waals surface area contributed by atoms with E-state index < -0.39 is 0 Å². The Morgan fingerprint density at radius 2 is 1.71 bits per heavy atom. The first kappa shape index (κ1) is 17.0. The van der Waals surface area contributed by atoms with E-state index in [9.17, 15) is 15.0 Å². The highest BCUT2D eigenvalue weighted by molar-refractivity contribution is 5.83. The van der Waals surface area contributed by atoms with Gasteiger partial charge in [-0.2, -0.15) is 0 Å². The van der Waals surface area contributed by atoms with Crippen molar-refractivity contribution in [1.29, 1.82) is 0 Å². The van der Waals surface area contributed by atoms with Crippen LogP contribution < -0.4 is 0 Å². The van der Waals surface area contributed by atoms with Gasteiger partial charge >= 0.3 is 0 Å². The molecule has 3 nitrogen and oxygen atoms in total. The summed E-state index contributed by atoms with van der Waals surface area (Å²) in [5, 5.41) is 20.4. The van der Waals surface area contributed by atoms with Gasteiger partial charge in [0, 0.05) is 12.3 Å². The number of rotatable bonds is 1. The zero-order valence-corrected chi connectivity index (χ0v) is 15.5. The number of ketones is 1. The van der Waals surface area contributed by atoms with Crippen molar-refractivity contribution in [3.05, 3.63) is 0 Å². The lowest BCUT2D eigenvalue weighted by molar-refractivity contribution is -0.160. The predicted octanol–water partition coefficient (Wildman–Crippen LogP) is 3.57. The number of aliphatic hydroxyl groups is 2. The molecule has 0 aromatic carbocycles. The fourth-order valence-corrected chi connectivity index (χ4v) is 7.85. The van der Waals surface area contributed by atoms with E-state index in [1.54, 1.807) is 0 Å². The highest BCUT2D eigenvalue weighted by atomic mass is 16.3. The lowest BCUT2D eigenvalue weighted by atomic mass is 9.44. The van der Waals surface area contributed by atoms with Crippen LogP contribution in [0.15, 0.2) is 0 Å². The molecule has 4 rings (SSSR count). The predicted molar refractivity (Wildman–Crippen MR) is 93.3 cm³/mol. The van der Waals surface area contributed by atoms with Crippen molar-refractivity contribution < 1.29 is 15.0 Å². The van der Waals surface area contributed by atoms with Gasteiger partial charge in [0.2, 0.25) is 0 Å². The summed E-state index contributed by atoms with van der Waals surface area (Å²) >= 11 is 0. The maximum atomic E-state index is 13.0. The summed E-state index contributed by atoms with van der Waals surface area (Å²) in [7, 11) is 0. The lowest BCUT2D eigenvalue weighted by Crippen LogP contribution is -2.57. The molecular formula is C21H34O3. The Morgan fingerprint density at radius 3 is 2.42 bits per heavy atom. The summed E-state index contributed by atoms with van der Waals surface area (Å²) in [5.41, 5.74) is 0.316. The van der Waals surface area contributed by atoms with E-state index in [0.29, 0.717) is 35.9 Å². The molecule has 0 amide bonds. The summed E-state index contributed by atoms with van der Waals surface area (Å²) in [6.45, 7) is 6.69. The molecular weight excluding hydrogens is 300 g/mol. The van der Waals surface area contributed by atoms with Crippen molar-refractivity contribution in [2.75, 3.05) is 0 Å². The Hall–Kier alpha value is -0.410. The molecule has 5 unspecified atom stereocenters. The standard InChI is InChI=1S/C21H34O3/c1-12(22)15-4-5-16-14-11-19(24)18-10-13(23)6-8-21(18,3)17(14)7-9-20(15,16)2/h12-18,22-23H,4-11H2,1-3H3/t12?,13-,14?,15+,16?,17?,18?,20+,21-/m1/s1. The van der Waals surface area contributed by atoms with E-state index in [-0.39, 0.29) is 29.0 Å². The molecule has 4 aliphatic rings. The molecule has 4 aliphatic carbocycles. The Kier molecular flexibility index (Phi) is 3.93. The average molecular weight is 335 g/mol. The first-order chi connectivity index (χ1) is 11.3. The van der Waals surface area contributed by atoms with Crippen molar-refractivity contribution in [2.24, 2.45) is 40.4 Å². The number of fused-ring (bicyclic) bond motifs is 5. The molecule has 4 saturated carbocycles. The summed E-state index contributed by atoms with van der Waals surface area (Å²) in [6.07, 6.45) is 7.49. The number of Topliss-reactive ketones (excluding diaryl/α,β-unsaturated/α-hetero) is 1. The summed E-state index contributed by atoms with van der Waals surface area (Å²) in [5.74, 6) is 2.65. The average Bonchev–Trinajstić information content (AvgIpc) is 2.87. The zero-order chi connectivity index (χ0) is 17.3. The van der Waals surface area contributed by atoms with E-state index in [1.807, 2.05) is 6.92 Å². The van der Waals surface area contributed by atoms with Crippen LogP contribution in [-0.4, -0.2) is 28.2 Å². The Bertz CT molecular complexity index is 529. The number of hydrogen-bond donors (Lipinski definition) is 2. The quantitative estimate of drug-likeness (QED) is 0.771. The minimum Gasteiger partial charge on any atom is -0.393 e. The maximum absolute atomic E-state index is 13.0. The van der Waals surface area contributed by atoms with Gasteiger partial charge in [0.05, 0.1) is 12.2 Å². The third kappa shape index (κ3) is 2.19. The summed E-state index contributed by atoms with van der Waals surface area (Å²) < 4.78 is 0. The highest BCUT2D eigenvalue weighted by Crippen LogP contribution is 2.67. The molecule has 3 heteroatoms. The third-order valence-electron chi connectivity index (χ3n) is 9.09. The SMILES string of the molecule is CC(O)[C@@H]1CCC2C3CC(=O)C4C[C@H](O)CC[C@]4(C)C3CC[C@]21C. The lowest BCUT2D eigenvalue weighted by Gasteiger charge is -2.60. The highest BCUT2D eigenvalue weighted by Gasteiger charge is 2.62. The molecule has 0 spiro atoms. The molecule has 136 valence electrons. The molecule has 0 aliphatic heterocycles. The van der Waals surface area contributed by atoms with Crippen LogP contribution in [0.4, 0.5) is 0 Å². The first-order valence-electron chi connectivity index (χ1n) is 10.2. The van der Waals surface area contributed by atoms with Crippen molar-refractivity contribution in [2.45, 2.75) is 84.3 Å². The van der Waals surface area contributed by atoms with Gasteiger partial charge in [-0.1, -0.05) is 13.8 Å². The van der Waals surface area contributed by atoms with Gasteiger partial charge in [0.15, 0.2) is 0 Å². The van der Waals surface area contributed by atoms with Crippen molar-refractivity contribution >= 4 is 5.78 Å². The molecule has 2 N–H and O–H groups in total. The topological polar surface area (TPSA) is 57.5 Å². The van der Waals surface area contributed by atoms with Crippen molar-refractivity contribution in [1.82, 2.24) is 0 Å². The monoisotopic (exact) mass is 334 g/mol. The van der Waals surface area contributed by atoms with Crippen LogP contribution in [0.3, 0.4) is 0 Å². The van der Waals surface area contributed by atoms with Gasteiger partial charge in [-0.3, -0.25) is 4.79 Å². The number of carbonyl (C=O) groups is 1. The van der Waals surface area contributed by atoms with Gasteiger partial charge in [-0.05, 0) is 86.4 Å². The molecule has 0 aromatic heterocycles. The van der Waals surface area contributed by atoms with Gasteiger partial charge in [0.1, 0.15) is 5.78 Å². The van der Waals surface area contributed by atoms with Crippen LogP contribution in [0, 0.1) is 40.4 Å². The number of aliphatic hydroxyl groups excluding tert-OH is 2. The Balaban J connectivity index is 1.66. The minimum atomic E-state index is -0.275. The van der Waals surface area contributed by atoms with Crippen LogP contribution in [0.5, 0.6) is 0 Å². The van der Waals surface area contributed by atoms with E-state index in [0.717, 1.165) is 25.7 Å².